The molecule has 0 unspecified atom stereocenters. The van der Waals surface area contributed by atoms with Gasteiger partial charge >= 0.3 is 0 Å². The first-order chi connectivity index (χ1) is 8.08. The third kappa shape index (κ3) is 2.36. The van der Waals surface area contributed by atoms with Gasteiger partial charge in [-0.15, -0.1) is 0 Å². The second-order valence-electron chi connectivity index (χ2n) is 4.10. The highest BCUT2D eigenvalue weighted by atomic mass is 16.1. The minimum absolute atomic E-state index is 0.0662. The summed E-state index contributed by atoms with van der Waals surface area (Å²) in [6.07, 6.45) is 3.46. The highest BCUT2D eigenvalue weighted by Gasteiger charge is 2.10. The molecule has 88 valence electrons. The molecular formula is C13H14N2O2. The number of nitrogens with zero attached hydrogens (tertiary/aromatic N) is 2. The van der Waals surface area contributed by atoms with Gasteiger partial charge in [-0.2, -0.15) is 0 Å². The van der Waals surface area contributed by atoms with Crippen molar-refractivity contribution in [2.24, 2.45) is 7.05 Å². The number of aromatic nitrogens is 2. The molecule has 0 bridgehead atoms. The molecule has 0 fully saturated rings. The molecule has 0 aliphatic rings. The predicted octanol–water partition coefficient (Wildman–Crippen LogP) is 1.38. The molecule has 4 nitrogen and oxygen atoms in total. The van der Waals surface area contributed by atoms with Gasteiger partial charge in [-0.05, 0) is 30.7 Å². The van der Waals surface area contributed by atoms with Crippen LogP contribution in [-0.4, -0.2) is 14.9 Å². The van der Waals surface area contributed by atoms with Crippen molar-refractivity contribution in [1.82, 2.24) is 9.13 Å². The maximum absolute atomic E-state index is 12.0. The summed E-state index contributed by atoms with van der Waals surface area (Å²) in [6.45, 7) is 1.93. The van der Waals surface area contributed by atoms with Crippen molar-refractivity contribution >= 4 is 5.78 Å². The summed E-state index contributed by atoms with van der Waals surface area (Å²) in [6, 6.07) is 6.91. The first-order valence-electron chi connectivity index (χ1n) is 5.39. The Kier molecular flexibility index (Phi) is 2.95. The van der Waals surface area contributed by atoms with Crippen LogP contribution in [0.3, 0.4) is 0 Å². The van der Waals surface area contributed by atoms with Crippen molar-refractivity contribution in [3.8, 4) is 0 Å². The molecule has 0 N–H and O–H groups in total. The third-order valence-corrected chi connectivity index (χ3v) is 2.69. The van der Waals surface area contributed by atoms with Gasteiger partial charge in [0.15, 0.2) is 5.78 Å². The van der Waals surface area contributed by atoms with Crippen molar-refractivity contribution in [3.63, 3.8) is 0 Å². The van der Waals surface area contributed by atoms with Gasteiger partial charge < -0.3 is 9.13 Å². The van der Waals surface area contributed by atoms with Gasteiger partial charge in [0.2, 0.25) is 0 Å². The summed E-state index contributed by atoms with van der Waals surface area (Å²) in [5.41, 5.74) is 1.36. The van der Waals surface area contributed by atoms with Gasteiger partial charge in [0.25, 0.3) is 5.56 Å². The monoisotopic (exact) mass is 230 g/mol. The van der Waals surface area contributed by atoms with Crippen molar-refractivity contribution < 1.29 is 4.79 Å². The zero-order chi connectivity index (χ0) is 12.4. The van der Waals surface area contributed by atoms with Crippen LogP contribution in [0.5, 0.6) is 0 Å². The molecule has 17 heavy (non-hydrogen) atoms. The lowest BCUT2D eigenvalue weighted by Gasteiger charge is -2.06. The normalized spacial score (nSPS) is 10.5. The van der Waals surface area contributed by atoms with Crippen LogP contribution < -0.4 is 5.56 Å². The molecule has 4 heteroatoms. The largest absolute Gasteiger partial charge is 0.348 e. The zero-order valence-corrected chi connectivity index (χ0v) is 9.88. The van der Waals surface area contributed by atoms with Crippen LogP contribution in [-0.2, 0) is 13.6 Å². The number of ketones is 1. The average Bonchev–Trinajstić information content (AvgIpc) is 2.68. The van der Waals surface area contributed by atoms with E-state index in [2.05, 4.69) is 0 Å². The molecule has 2 aromatic rings. The Morgan fingerprint density at radius 1 is 1.29 bits per heavy atom. The van der Waals surface area contributed by atoms with E-state index in [1.165, 1.54) is 10.6 Å². The molecule has 2 rings (SSSR count). The highest BCUT2D eigenvalue weighted by Crippen LogP contribution is 2.02. The molecule has 0 saturated carbocycles. The Bertz CT molecular complexity index is 608. The topological polar surface area (TPSA) is 44.0 Å². The summed E-state index contributed by atoms with van der Waals surface area (Å²) in [5.74, 6) is -0.0662. The van der Waals surface area contributed by atoms with Crippen LogP contribution in [0.25, 0.3) is 0 Å². The SMILES string of the molecule is Cc1ccn(CC(=O)c2cccn2C)c(=O)c1. The van der Waals surface area contributed by atoms with E-state index in [0.29, 0.717) is 5.69 Å². The summed E-state index contributed by atoms with van der Waals surface area (Å²) in [7, 11) is 1.81. The van der Waals surface area contributed by atoms with E-state index in [1.807, 2.05) is 32.3 Å². The summed E-state index contributed by atoms with van der Waals surface area (Å²) >= 11 is 0. The molecule has 0 aliphatic carbocycles. The molecular weight excluding hydrogens is 216 g/mol. The fourth-order valence-corrected chi connectivity index (χ4v) is 1.72. The average molecular weight is 230 g/mol. The Balaban J connectivity index is 2.25. The molecule has 0 aromatic carbocycles. The summed E-state index contributed by atoms with van der Waals surface area (Å²) in [5, 5.41) is 0. The lowest BCUT2D eigenvalue weighted by Crippen LogP contribution is -2.24. The predicted molar refractivity (Wildman–Crippen MR) is 65.2 cm³/mol. The van der Waals surface area contributed by atoms with Crippen molar-refractivity contribution in [1.29, 1.82) is 0 Å². The lowest BCUT2D eigenvalue weighted by molar-refractivity contribution is 0.0963. The van der Waals surface area contributed by atoms with Gasteiger partial charge in [0.1, 0.15) is 0 Å². The molecule has 0 amide bonds. The Labute approximate surface area is 99.1 Å². The van der Waals surface area contributed by atoms with Gasteiger partial charge in [-0.25, -0.2) is 0 Å². The van der Waals surface area contributed by atoms with Gasteiger partial charge in [0.05, 0.1) is 12.2 Å². The second kappa shape index (κ2) is 4.41. The second-order valence-corrected chi connectivity index (χ2v) is 4.10. The Morgan fingerprint density at radius 3 is 2.65 bits per heavy atom. The van der Waals surface area contributed by atoms with E-state index in [0.717, 1.165) is 5.56 Å². The number of aryl methyl sites for hydroxylation is 2. The highest BCUT2D eigenvalue weighted by molar-refractivity contribution is 5.94. The van der Waals surface area contributed by atoms with Crippen LogP contribution in [0.4, 0.5) is 0 Å². The molecule has 0 atom stereocenters. The Hall–Kier alpha value is -2.10. The van der Waals surface area contributed by atoms with E-state index in [9.17, 15) is 9.59 Å². The standard InChI is InChI=1S/C13H14N2O2/c1-10-5-7-15(13(17)8-10)9-12(16)11-4-3-6-14(11)2/h3-8H,9H2,1-2H3. The zero-order valence-electron chi connectivity index (χ0n) is 9.88. The first-order valence-corrected chi connectivity index (χ1v) is 5.39. The van der Waals surface area contributed by atoms with E-state index in [4.69, 9.17) is 0 Å². The number of carbonyl (C=O) groups excluding carboxylic acids is 1. The minimum atomic E-state index is -0.146. The number of rotatable bonds is 3. The maximum Gasteiger partial charge on any atom is 0.251 e. The lowest BCUT2D eigenvalue weighted by atomic mass is 10.2. The van der Waals surface area contributed by atoms with Crippen LogP contribution in [0, 0.1) is 6.92 Å². The molecule has 0 radical (unpaired) electrons. The Morgan fingerprint density at radius 2 is 2.06 bits per heavy atom. The molecule has 2 heterocycles. The van der Waals surface area contributed by atoms with E-state index >= 15 is 0 Å². The van der Waals surface area contributed by atoms with Gasteiger partial charge in [-0.3, -0.25) is 9.59 Å². The number of pyridine rings is 1. The summed E-state index contributed by atoms with van der Waals surface area (Å²) < 4.78 is 3.17. The smallest absolute Gasteiger partial charge is 0.251 e. The van der Waals surface area contributed by atoms with Crippen LogP contribution >= 0.6 is 0 Å². The van der Waals surface area contributed by atoms with E-state index in [1.54, 1.807) is 16.8 Å². The van der Waals surface area contributed by atoms with Crippen molar-refractivity contribution in [2.45, 2.75) is 13.5 Å². The molecule has 0 aliphatic heterocycles. The van der Waals surface area contributed by atoms with Crippen molar-refractivity contribution in [3.05, 3.63) is 58.3 Å². The van der Waals surface area contributed by atoms with Crippen LogP contribution in [0.2, 0.25) is 0 Å². The summed E-state index contributed by atoms with van der Waals surface area (Å²) in [4.78, 5) is 23.6. The number of hydrogen-bond acceptors (Lipinski definition) is 2. The number of Topliss-reactive ketones (excluding diaryl/α,β-unsaturated/α-hetero) is 1. The van der Waals surface area contributed by atoms with Crippen LogP contribution in [0.1, 0.15) is 16.1 Å². The molecule has 2 aromatic heterocycles. The van der Waals surface area contributed by atoms with Crippen LogP contribution in [0.15, 0.2) is 41.5 Å². The quantitative estimate of drug-likeness (QED) is 0.748. The van der Waals surface area contributed by atoms with E-state index in [-0.39, 0.29) is 17.9 Å². The number of hydrogen-bond donors (Lipinski definition) is 0. The minimum Gasteiger partial charge on any atom is -0.348 e. The maximum atomic E-state index is 12.0. The van der Waals surface area contributed by atoms with Crippen molar-refractivity contribution in [2.75, 3.05) is 0 Å². The fourth-order valence-electron chi connectivity index (χ4n) is 1.72. The number of carbonyl (C=O) groups is 1. The molecule has 0 spiro atoms. The molecule has 0 saturated heterocycles. The van der Waals surface area contributed by atoms with Gasteiger partial charge in [0, 0.05) is 25.5 Å². The third-order valence-electron chi connectivity index (χ3n) is 2.69. The van der Waals surface area contributed by atoms with Gasteiger partial charge in [-0.1, -0.05) is 0 Å². The van der Waals surface area contributed by atoms with E-state index < -0.39 is 0 Å². The fraction of sp³-hybridized carbons (Fsp3) is 0.231. The first kappa shape index (κ1) is 11.4.